The molecule has 3 aromatic carbocycles. The van der Waals surface area contributed by atoms with Gasteiger partial charge in [0.15, 0.2) is 0 Å². The number of anilines is 1. The van der Waals surface area contributed by atoms with E-state index in [1.165, 1.54) is 6.08 Å². The summed E-state index contributed by atoms with van der Waals surface area (Å²) in [4.78, 5) is 25.0. The number of nitrogens with one attached hydrogen (secondary N) is 1. The van der Waals surface area contributed by atoms with E-state index in [0.717, 1.165) is 11.0 Å². The lowest BCUT2D eigenvalue weighted by Gasteiger charge is -2.32. The monoisotopic (exact) mass is 451 g/mol. The van der Waals surface area contributed by atoms with Crippen LogP contribution in [0.1, 0.15) is 25.5 Å². The molecule has 0 unspecified atom stereocenters. The minimum Gasteiger partial charge on any atom is -0.507 e. The molecule has 0 aliphatic carbocycles. The molecule has 1 amide bonds. The molecular formula is C25H25NO5S. The average Bonchev–Trinajstić information content (AvgIpc) is 2.77. The Morgan fingerprint density at radius 3 is 2.31 bits per heavy atom. The van der Waals surface area contributed by atoms with Crippen LogP contribution in [0, 0.1) is 5.41 Å². The maximum absolute atomic E-state index is 12.8. The first-order valence-electron chi connectivity index (χ1n) is 9.96. The standard InChI is InChI=1S/C25H25NO5S/c1-25(2,15-14-22(28)29)23(20-12-13-21(27)19-7-5-4-6-18(19)20)31-24(30)26-16-8-10-17(32-3)11-9-16/h4-15,23,27H,1-3H3,(H,26,30)(H,28,29)/b15-14+/t23-/m1/s1. The van der Waals surface area contributed by atoms with Crippen molar-refractivity contribution in [3.63, 3.8) is 0 Å². The number of carbonyl (C=O) groups excluding carboxylic acids is 1. The predicted octanol–water partition coefficient (Wildman–Crippen LogP) is 6.22. The number of thioether (sulfide) groups is 1. The summed E-state index contributed by atoms with van der Waals surface area (Å²) in [7, 11) is 0. The highest BCUT2D eigenvalue weighted by molar-refractivity contribution is 7.98. The summed E-state index contributed by atoms with van der Waals surface area (Å²) in [5.74, 6) is -0.981. The number of aliphatic carboxylic acids is 1. The average molecular weight is 452 g/mol. The molecule has 1 atom stereocenters. The molecule has 0 spiro atoms. The van der Waals surface area contributed by atoms with Gasteiger partial charge in [-0.15, -0.1) is 11.8 Å². The lowest BCUT2D eigenvalue weighted by atomic mass is 9.80. The van der Waals surface area contributed by atoms with E-state index in [-0.39, 0.29) is 5.75 Å². The van der Waals surface area contributed by atoms with Crippen molar-refractivity contribution in [2.24, 2.45) is 5.41 Å². The fourth-order valence-corrected chi connectivity index (χ4v) is 3.86. The summed E-state index contributed by atoms with van der Waals surface area (Å²) in [6.45, 7) is 3.58. The molecule has 32 heavy (non-hydrogen) atoms. The summed E-state index contributed by atoms with van der Waals surface area (Å²) >= 11 is 1.60. The molecule has 0 saturated carbocycles. The van der Waals surface area contributed by atoms with E-state index < -0.39 is 23.6 Å². The number of hydrogen-bond donors (Lipinski definition) is 3. The molecule has 0 heterocycles. The van der Waals surface area contributed by atoms with Crippen molar-refractivity contribution in [1.29, 1.82) is 0 Å². The zero-order chi connectivity index (χ0) is 23.3. The van der Waals surface area contributed by atoms with Crippen LogP contribution < -0.4 is 5.32 Å². The lowest BCUT2D eigenvalue weighted by molar-refractivity contribution is -0.131. The molecule has 166 valence electrons. The van der Waals surface area contributed by atoms with E-state index in [2.05, 4.69) is 5.32 Å². The van der Waals surface area contributed by atoms with Crippen molar-refractivity contribution in [3.05, 3.63) is 78.4 Å². The maximum atomic E-state index is 12.8. The Kier molecular flexibility index (Phi) is 7.10. The molecule has 0 radical (unpaired) electrons. The molecule has 0 bridgehead atoms. The minimum absolute atomic E-state index is 0.111. The molecule has 3 aromatic rings. The first kappa shape index (κ1) is 23.2. The van der Waals surface area contributed by atoms with E-state index in [4.69, 9.17) is 9.84 Å². The second-order valence-electron chi connectivity index (χ2n) is 7.85. The van der Waals surface area contributed by atoms with Crippen molar-refractivity contribution in [1.82, 2.24) is 0 Å². The zero-order valence-corrected chi connectivity index (χ0v) is 18.8. The summed E-state index contributed by atoms with van der Waals surface area (Å²) in [5, 5.41) is 23.4. The SMILES string of the molecule is CSc1ccc(NC(=O)O[C@H](c2ccc(O)c3ccccc23)C(C)(C)/C=C/C(=O)O)cc1. The van der Waals surface area contributed by atoms with Crippen LogP contribution in [-0.2, 0) is 9.53 Å². The van der Waals surface area contributed by atoms with Crippen LogP contribution in [0.4, 0.5) is 10.5 Å². The number of carboxylic acid groups (broad SMARTS) is 1. The number of ether oxygens (including phenoxy) is 1. The van der Waals surface area contributed by atoms with Crippen molar-refractivity contribution in [2.75, 3.05) is 11.6 Å². The van der Waals surface area contributed by atoms with Gasteiger partial charge >= 0.3 is 12.1 Å². The normalized spacial score (nSPS) is 12.6. The van der Waals surface area contributed by atoms with E-state index in [0.29, 0.717) is 22.0 Å². The number of phenolic OH excluding ortho intramolecular Hbond substituents is 1. The highest BCUT2D eigenvalue weighted by atomic mass is 32.2. The number of carbonyl (C=O) groups is 2. The van der Waals surface area contributed by atoms with Crippen molar-refractivity contribution >= 4 is 40.3 Å². The van der Waals surface area contributed by atoms with Crippen LogP contribution in [-0.4, -0.2) is 28.5 Å². The molecule has 3 rings (SSSR count). The molecule has 6 nitrogen and oxygen atoms in total. The quantitative estimate of drug-likeness (QED) is 0.291. The fourth-order valence-electron chi connectivity index (χ4n) is 3.45. The molecular weight excluding hydrogens is 426 g/mol. The molecule has 3 N–H and O–H groups in total. The fraction of sp³-hybridized carbons (Fsp3) is 0.200. The molecule has 7 heteroatoms. The van der Waals surface area contributed by atoms with Gasteiger partial charge < -0.3 is 14.9 Å². The Balaban J connectivity index is 1.99. The van der Waals surface area contributed by atoms with Crippen molar-refractivity contribution in [2.45, 2.75) is 24.8 Å². The summed E-state index contributed by atoms with van der Waals surface area (Å²) in [5.41, 5.74) is 0.380. The van der Waals surface area contributed by atoms with Crippen LogP contribution in [0.3, 0.4) is 0 Å². The number of hydrogen-bond acceptors (Lipinski definition) is 5. The van der Waals surface area contributed by atoms with E-state index >= 15 is 0 Å². The van der Waals surface area contributed by atoms with E-state index in [1.54, 1.807) is 55.9 Å². The Morgan fingerprint density at radius 2 is 1.69 bits per heavy atom. The molecule has 0 aromatic heterocycles. The van der Waals surface area contributed by atoms with Crippen LogP contribution in [0.5, 0.6) is 5.75 Å². The second-order valence-corrected chi connectivity index (χ2v) is 8.73. The zero-order valence-electron chi connectivity index (χ0n) is 18.0. The molecule has 0 saturated heterocycles. The second kappa shape index (κ2) is 9.78. The van der Waals surface area contributed by atoms with Gasteiger partial charge in [0.2, 0.25) is 0 Å². The van der Waals surface area contributed by atoms with Gasteiger partial charge in [-0.2, -0.15) is 0 Å². The molecule has 0 aliphatic rings. The molecule has 0 fully saturated rings. The van der Waals surface area contributed by atoms with Gasteiger partial charge in [0.25, 0.3) is 0 Å². The number of aromatic hydroxyl groups is 1. The third-order valence-corrected chi connectivity index (χ3v) is 5.85. The van der Waals surface area contributed by atoms with Gasteiger partial charge in [0, 0.05) is 33.0 Å². The van der Waals surface area contributed by atoms with Crippen LogP contribution in [0.25, 0.3) is 10.8 Å². The number of benzene rings is 3. The Bertz CT molecular complexity index is 1150. The highest BCUT2D eigenvalue weighted by Crippen LogP contribution is 2.42. The third kappa shape index (κ3) is 5.42. The smallest absolute Gasteiger partial charge is 0.412 e. The number of carboxylic acids is 1. The van der Waals surface area contributed by atoms with Crippen molar-refractivity contribution in [3.8, 4) is 5.75 Å². The summed E-state index contributed by atoms with van der Waals surface area (Å²) in [6, 6.07) is 17.8. The number of rotatable bonds is 7. The van der Waals surface area contributed by atoms with Gasteiger partial charge in [-0.05, 0) is 42.0 Å². The number of fused-ring (bicyclic) bond motifs is 1. The topological polar surface area (TPSA) is 95.9 Å². The lowest BCUT2D eigenvalue weighted by Crippen LogP contribution is -2.28. The number of amides is 1. The first-order chi connectivity index (χ1) is 15.2. The predicted molar refractivity (Wildman–Crippen MR) is 127 cm³/mol. The Labute approximate surface area is 190 Å². The van der Waals surface area contributed by atoms with Gasteiger partial charge in [-0.3, -0.25) is 5.32 Å². The third-order valence-electron chi connectivity index (χ3n) is 5.11. The summed E-state index contributed by atoms with van der Waals surface area (Å²) < 4.78 is 5.86. The van der Waals surface area contributed by atoms with Crippen LogP contribution in [0.15, 0.2) is 77.7 Å². The highest BCUT2D eigenvalue weighted by Gasteiger charge is 2.34. The van der Waals surface area contributed by atoms with Crippen molar-refractivity contribution < 1.29 is 24.5 Å². The van der Waals surface area contributed by atoms with E-state index in [9.17, 15) is 14.7 Å². The number of phenols is 1. The van der Waals surface area contributed by atoms with Gasteiger partial charge in [0.05, 0.1) is 0 Å². The molecule has 0 aliphatic heterocycles. The van der Waals surface area contributed by atoms with E-state index in [1.807, 2.05) is 36.6 Å². The van der Waals surface area contributed by atoms with Gasteiger partial charge in [0.1, 0.15) is 11.9 Å². The van der Waals surface area contributed by atoms with Gasteiger partial charge in [-0.1, -0.05) is 50.3 Å². The summed E-state index contributed by atoms with van der Waals surface area (Å²) in [6.07, 6.45) is 3.02. The van der Waals surface area contributed by atoms with Gasteiger partial charge in [-0.25, -0.2) is 9.59 Å². The largest absolute Gasteiger partial charge is 0.507 e. The first-order valence-corrected chi connectivity index (χ1v) is 11.2. The maximum Gasteiger partial charge on any atom is 0.412 e. The Hall–Kier alpha value is -3.45. The van der Waals surface area contributed by atoms with Crippen LogP contribution in [0.2, 0.25) is 0 Å². The van der Waals surface area contributed by atoms with Crippen LogP contribution >= 0.6 is 11.8 Å². The Morgan fingerprint density at radius 1 is 1.03 bits per heavy atom. The minimum atomic E-state index is -1.09.